The molecule has 0 bridgehead atoms. The molecule has 1 rings (SSSR count). The fourth-order valence-corrected chi connectivity index (χ4v) is 3.56. The zero-order chi connectivity index (χ0) is 14.5. The van der Waals surface area contributed by atoms with Gasteiger partial charge in [-0.3, -0.25) is 8.98 Å². The van der Waals surface area contributed by atoms with E-state index in [0.29, 0.717) is 0 Å². The predicted octanol–water partition coefficient (Wildman–Crippen LogP) is 2.06. The molecule has 0 aromatic heterocycles. The molecule has 1 aliphatic carbocycles. The summed E-state index contributed by atoms with van der Waals surface area (Å²) in [4.78, 5) is 11.1. The van der Waals surface area contributed by atoms with Crippen molar-refractivity contribution in [3.63, 3.8) is 0 Å². The lowest BCUT2D eigenvalue weighted by Gasteiger charge is -2.24. The Morgan fingerprint density at radius 2 is 1.83 bits per heavy atom. The van der Waals surface area contributed by atoms with Gasteiger partial charge in [-0.25, -0.2) is 0 Å². The van der Waals surface area contributed by atoms with Crippen LogP contribution in [0, 0.1) is 17.3 Å². The van der Waals surface area contributed by atoms with Crippen LogP contribution in [0.3, 0.4) is 0 Å². The molecule has 0 aliphatic heterocycles. The molecule has 9 heteroatoms. The minimum absolute atomic E-state index is 0.683. The molecule has 0 aromatic carbocycles. The first kappa shape index (κ1) is 16.3. The van der Waals surface area contributed by atoms with Crippen LogP contribution in [0.25, 0.3) is 0 Å². The van der Waals surface area contributed by atoms with Gasteiger partial charge in [-0.05, 0) is 5.41 Å². The molecule has 1 aliphatic rings. The van der Waals surface area contributed by atoms with Crippen LogP contribution in [0.4, 0.5) is 0 Å². The largest absolute Gasteiger partial charge is 0.481 e. The Bertz CT molecular complexity index is 453. The van der Waals surface area contributed by atoms with Gasteiger partial charge in [0.15, 0.2) is 0 Å². The van der Waals surface area contributed by atoms with E-state index in [2.05, 4.69) is 0 Å². The van der Waals surface area contributed by atoms with E-state index in [4.69, 9.17) is 44.1 Å². The summed E-state index contributed by atoms with van der Waals surface area (Å²) in [7, 11) is -3.86. The van der Waals surface area contributed by atoms with Gasteiger partial charge in [0, 0.05) is 5.92 Å². The Labute approximate surface area is 120 Å². The molecular weight excluding hydrogens is 327 g/mol. The van der Waals surface area contributed by atoms with Crippen molar-refractivity contribution in [2.75, 3.05) is 6.26 Å². The summed E-state index contributed by atoms with van der Waals surface area (Å²) < 4.78 is 25.1. The first-order valence-electron chi connectivity index (χ1n) is 4.96. The van der Waals surface area contributed by atoms with Crippen molar-refractivity contribution in [3.8, 4) is 0 Å². The molecule has 0 radical (unpaired) electrons. The second kappa shape index (κ2) is 4.66. The molecule has 106 valence electrons. The predicted molar refractivity (Wildman–Crippen MR) is 68.4 cm³/mol. The van der Waals surface area contributed by atoms with Gasteiger partial charge in [-0.1, -0.05) is 48.7 Å². The van der Waals surface area contributed by atoms with Crippen LogP contribution < -0.4 is 0 Å². The Kier molecular flexibility index (Phi) is 4.23. The maximum atomic E-state index is 11.2. The molecule has 0 spiro atoms. The Morgan fingerprint density at radius 1 is 1.39 bits per heavy atom. The number of aliphatic carboxylic acids is 1. The van der Waals surface area contributed by atoms with Crippen LogP contribution in [-0.4, -0.2) is 35.6 Å². The molecule has 1 N–H and O–H groups in total. The molecule has 3 atom stereocenters. The van der Waals surface area contributed by atoms with Crippen molar-refractivity contribution in [1.82, 2.24) is 0 Å². The zero-order valence-electron chi connectivity index (χ0n) is 9.85. The van der Waals surface area contributed by atoms with E-state index in [1.54, 1.807) is 13.8 Å². The monoisotopic (exact) mass is 338 g/mol. The van der Waals surface area contributed by atoms with Crippen LogP contribution in [0.1, 0.15) is 13.8 Å². The third-order valence-electron chi connectivity index (χ3n) is 3.10. The molecule has 5 nitrogen and oxygen atoms in total. The molecule has 0 amide bonds. The molecular formula is C9H13Cl3O5S. The Balaban J connectivity index is 3.05. The summed E-state index contributed by atoms with van der Waals surface area (Å²) in [6.45, 7) is 3.32. The number of hydrogen-bond donors (Lipinski definition) is 1. The molecule has 0 aromatic rings. The van der Waals surface area contributed by atoms with Gasteiger partial charge < -0.3 is 5.11 Å². The lowest BCUT2D eigenvalue weighted by Crippen LogP contribution is -2.35. The van der Waals surface area contributed by atoms with Gasteiger partial charge in [-0.2, -0.15) is 8.42 Å². The van der Waals surface area contributed by atoms with Crippen molar-refractivity contribution in [3.05, 3.63) is 0 Å². The number of carbonyl (C=O) groups is 1. The zero-order valence-corrected chi connectivity index (χ0v) is 12.9. The summed E-state index contributed by atoms with van der Waals surface area (Å²) in [5.74, 6) is -2.56. The quantitative estimate of drug-likeness (QED) is 0.626. The first-order chi connectivity index (χ1) is 7.78. The highest BCUT2D eigenvalue weighted by Gasteiger charge is 2.69. The Hall–Kier alpha value is 0.250. The van der Waals surface area contributed by atoms with Gasteiger partial charge in [0.2, 0.25) is 3.79 Å². The molecule has 1 fully saturated rings. The topological polar surface area (TPSA) is 80.7 Å². The van der Waals surface area contributed by atoms with Crippen LogP contribution in [-0.2, 0) is 19.1 Å². The fraction of sp³-hybridized carbons (Fsp3) is 0.889. The van der Waals surface area contributed by atoms with Crippen molar-refractivity contribution in [1.29, 1.82) is 0 Å². The second-order valence-corrected chi connectivity index (χ2v) is 8.90. The standard InChI is InChI=1S/C9H13Cl3O5S/c1-8(2)4(5(8)7(13)14)6(9(10,11)12)17-18(3,15)16/h4-6H,1-3H3,(H,13,14). The van der Waals surface area contributed by atoms with Crippen molar-refractivity contribution in [2.45, 2.75) is 23.7 Å². The molecule has 1 saturated carbocycles. The van der Waals surface area contributed by atoms with E-state index in [1.807, 2.05) is 0 Å². The first-order valence-corrected chi connectivity index (χ1v) is 7.91. The summed E-state index contributed by atoms with van der Waals surface area (Å²) in [6.07, 6.45) is -0.504. The number of halogens is 3. The Morgan fingerprint density at radius 3 is 2.06 bits per heavy atom. The number of carboxylic acids is 1. The van der Waals surface area contributed by atoms with Gasteiger partial charge in [0.05, 0.1) is 12.2 Å². The summed E-state index contributed by atoms with van der Waals surface area (Å²) in [5, 5.41) is 9.04. The smallest absolute Gasteiger partial charge is 0.307 e. The molecule has 3 unspecified atom stereocenters. The summed E-state index contributed by atoms with van der Waals surface area (Å²) in [6, 6.07) is 0. The minimum atomic E-state index is -3.86. The van der Waals surface area contributed by atoms with Gasteiger partial charge in [0.25, 0.3) is 10.1 Å². The molecule has 18 heavy (non-hydrogen) atoms. The second-order valence-electron chi connectivity index (χ2n) is 4.93. The van der Waals surface area contributed by atoms with E-state index in [9.17, 15) is 13.2 Å². The third-order valence-corrected chi connectivity index (χ3v) is 4.31. The minimum Gasteiger partial charge on any atom is -0.481 e. The SMILES string of the molecule is CC1(C)C(C(=O)O)C1C(OS(C)(=O)=O)C(Cl)(Cl)Cl. The maximum absolute atomic E-state index is 11.2. The van der Waals surface area contributed by atoms with Crippen LogP contribution in [0.5, 0.6) is 0 Å². The number of alkyl halides is 3. The van der Waals surface area contributed by atoms with Crippen molar-refractivity contribution < 1.29 is 22.5 Å². The van der Waals surface area contributed by atoms with E-state index < -0.39 is 43.2 Å². The highest BCUT2D eigenvalue weighted by Crippen LogP contribution is 2.63. The summed E-state index contributed by atoms with van der Waals surface area (Å²) in [5.41, 5.74) is -0.689. The van der Waals surface area contributed by atoms with Gasteiger partial charge in [-0.15, -0.1) is 0 Å². The average molecular weight is 340 g/mol. The lowest BCUT2D eigenvalue weighted by molar-refractivity contribution is -0.139. The van der Waals surface area contributed by atoms with E-state index in [1.165, 1.54) is 0 Å². The highest BCUT2D eigenvalue weighted by atomic mass is 35.6. The van der Waals surface area contributed by atoms with E-state index in [-0.39, 0.29) is 0 Å². The summed E-state index contributed by atoms with van der Waals surface area (Å²) >= 11 is 17.1. The average Bonchev–Trinajstić information content (AvgIpc) is 2.60. The van der Waals surface area contributed by atoms with E-state index in [0.717, 1.165) is 6.26 Å². The number of carboxylic acid groups (broad SMARTS) is 1. The number of hydrogen-bond acceptors (Lipinski definition) is 4. The van der Waals surface area contributed by atoms with Gasteiger partial charge >= 0.3 is 5.97 Å². The third kappa shape index (κ3) is 3.42. The molecule has 0 heterocycles. The molecule has 0 saturated heterocycles. The van der Waals surface area contributed by atoms with Crippen molar-refractivity contribution >= 4 is 50.9 Å². The van der Waals surface area contributed by atoms with Crippen LogP contribution >= 0.6 is 34.8 Å². The van der Waals surface area contributed by atoms with E-state index >= 15 is 0 Å². The van der Waals surface area contributed by atoms with Crippen molar-refractivity contribution in [2.24, 2.45) is 17.3 Å². The fourth-order valence-electron chi connectivity index (χ4n) is 2.22. The highest BCUT2D eigenvalue weighted by molar-refractivity contribution is 7.86. The maximum Gasteiger partial charge on any atom is 0.307 e. The lowest BCUT2D eigenvalue weighted by atomic mass is 10.1. The number of rotatable bonds is 4. The normalized spacial score (nSPS) is 28.8. The van der Waals surface area contributed by atoms with Crippen LogP contribution in [0.15, 0.2) is 0 Å². The van der Waals surface area contributed by atoms with Crippen LogP contribution in [0.2, 0.25) is 0 Å². The van der Waals surface area contributed by atoms with Gasteiger partial charge in [0.1, 0.15) is 6.10 Å².